The first kappa shape index (κ1) is 33.3. The summed E-state index contributed by atoms with van der Waals surface area (Å²) in [5.74, 6) is 1.91. The Balaban J connectivity index is 1.03. The zero-order chi connectivity index (χ0) is 38.6. The summed E-state index contributed by atoms with van der Waals surface area (Å²) >= 11 is 0. The fourth-order valence-corrected chi connectivity index (χ4v) is 8.61. The van der Waals surface area contributed by atoms with Gasteiger partial charge in [-0.2, -0.15) is 5.26 Å². The third-order valence-corrected chi connectivity index (χ3v) is 11.4. The molecule has 10 aromatic rings. The van der Waals surface area contributed by atoms with Gasteiger partial charge in [0.25, 0.3) is 0 Å². The summed E-state index contributed by atoms with van der Waals surface area (Å²) in [6.07, 6.45) is 0. The maximum atomic E-state index is 9.97. The zero-order valence-corrected chi connectivity index (χ0v) is 31.3. The van der Waals surface area contributed by atoms with Crippen molar-refractivity contribution in [3.8, 4) is 95.9 Å². The summed E-state index contributed by atoms with van der Waals surface area (Å²) in [5.41, 5.74) is 15.3. The van der Waals surface area contributed by atoms with Gasteiger partial charge in [0.15, 0.2) is 17.5 Å². The summed E-state index contributed by atoms with van der Waals surface area (Å²) in [4.78, 5) is 14.8. The fourth-order valence-electron chi connectivity index (χ4n) is 8.61. The Hall–Kier alpha value is -8.00. The summed E-state index contributed by atoms with van der Waals surface area (Å²) in [5, 5.41) is 14.5. The van der Waals surface area contributed by atoms with E-state index in [-0.39, 0.29) is 0 Å². The van der Waals surface area contributed by atoms with E-state index >= 15 is 0 Å². The lowest BCUT2D eigenvalue weighted by atomic mass is 9.86. The van der Waals surface area contributed by atoms with E-state index in [1.807, 2.05) is 78.9 Å². The minimum Gasteiger partial charge on any atom is -0.208 e. The van der Waals surface area contributed by atoms with Gasteiger partial charge in [-0.15, -0.1) is 0 Å². The third-order valence-electron chi connectivity index (χ3n) is 11.4. The van der Waals surface area contributed by atoms with Crippen LogP contribution in [0.2, 0.25) is 0 Å². The monoisotopic (exact) mass is 736 g/mol. The van der Waals surface area contributed by atoms with Gasteiger partial charge in [0, 0.05) is 22.1 Å². The summed E-state index contributed by atoms with van der Waals surface area (Å²) in [6.45, 7) is 0. The van der Waals surface area contributed by atoms with Crippen LogP contribution in [0.3, 0.4) is 0 Å². The van der Waals surface area contributed by atoms with Crippen LogP contribution in [0.25, 0.3) is 111 Å². The lowest BCUT2D eigenvalue weighted by Crippen LogP contribution is -2.00. The molecule has 0 unspecified atom stereocenters. The Morgan fingerprint density at radius 3 is 1.36 bits per heavy atom. The normalized spacial score (nSPS) is 11.4. The average molecular weight is 737 g/mol. The molecule has 11 rings (SSSR count). The van der Waals surface area contributed by atoms with Crippen LogP contribution in [-0.2, 0) is 0 Å². The molecule has 0 atom stereocenters. The topological polar surface area (TPSA) is 62.5 Å². The molecule has 0 bridgehead atoms. The van der Waals surface area contributed by atoms with Gasteiger partial charge in [-0.25, -0.2) is 15.0 Å². The molecule has 1 aromatic heterocycles. The second-order valence-electron chi connectivity index (χ2n) is 14.6. The molecule has 9 aromatic carbocycles. The third kappa shape index (κ3) is 5.49. The van der Waals surface area contributed by atoms with E-state index in [9.17, 15) is 5.26 Å². The molecule has 0 amide bonds. The summed E-state index contributed by atoms with van der Waals surface area (Å²) in [6, 6.07) is 70.0. The average Bonchev–Trinajstić information content (AvgIpc) is 3.64. The van der Waals surface area contributed by atoms with Gasteiger partial charge >= 0.3 is 0 Å². The maximum absolute atomic E-state index is 9.97. The van der Waals surface area contributed by atoms with Gasteiger partial charge in [-0.3, -0.25) is 0 Å². The molecular formula is C54H32N4. The van der Waals surface area contributed by atoms with Crippen LogP contribution in [-0.4, -0.2) is 15.0 Å². The second kappa shape index (κ2) is 13.6. The van der Waals surface area contributed by atoms with Crippen LogP contribution in [0.15, 0.2) is 194 Å². The minimum absolute atomic E-state index is 0.628. The van der Waals surface area contributed by atoms with Crippen molar-refractivity contribution in [3.63, 3.8) is 0 Å². The van der Waals surface area contributed by atoms with Crippen LogP contribution in [0, 0.1) is 11.3 Å². The van der Waals surface area contributed by atoms with Crippen molar-refractivity contribution in [1.29, 1.82) is 5.26 Å². The highest BCUT2D eigenvalue weighted by molar-refractivity contribution is 6.23. The molecular weight excluding hydrogens is 705 g/mol. The van der Waals surface area contributed by atoms with Crippen molar-refractivity contribution in [2.24, 2.45) is 0 Å². The Bertz CT molecular complexity index is 3190. The van der Waals surface area contributed by atoms with E-state index < -0.39 is 0 Å². The van der Waals surface area contributed by atoms with Crippen LogP contribution >= 0.6 is 0 Å². The van der Waals surface area contributed by atoms with Crippen LogP contribution in [0.5, 0.6) is 0 Å². The zero-order valence-electron chi connectivity index (χ0n) is 31.3. The highest BCUT2D eigenvalue weighted by atomic mass is 15.0. The molecule has 268 valence electrons. The van der Waals surface area contributed by atoms with Gasteiger partial charge in [0.05, 0.1) is 11.6 Å². The summed E-state index contributed by atoms with van der Waals surface area (Å²) < 4.78 is 0. The molecule has 0 saturated carbocycles. The fraction of sp³-hybridized carbons (Fsp3) is 0. The first-order valence-corrected chi connectivity index (χ1v) is 19.4. The highest BCUT2D eigenvalue weighted by Crippen LogP contribution is 2.52. The molecule has 4 nitrogen and oxygen atoms in total. The largest absolute Gasteiger partial charge is 0.208 e. The van der Waals surface area contributed by atoms with E-state index in [2.05, 4.69) is 121 Å². The highest BCUT2D eigenvalue weighted by Gasteiger charge is 2.25. The van der Waals surface area contributed by atoms with E-state index in [1.54, 1.807) is 0 Å². The van der Waals surface area contributed by atoms with Crippen molar-refractivity contribution < 1.29 is 0 Å². The minimum atomic E-state index is 0.628. The predicted molar refractivity (Wildman–Crippen MR) is 237 cm³/mol. The number of fused-ring (bicyclic) bond motifs is 4. The van der Waals surface area contributed by atoms with Crippen molar-refractivity contribution in [2.45, 2.75) is 0 Å². The van der Waals surface area contributed by atoms with Crippen LogP contribution in [0.4, 0.5) is 0 Å². The Morgan fingerprint density at radius 2 is 0.741 bits per heavy atom. The first-order chi connectivity index (χ1) is 28.7. The van der Waals surface area contributed by atoms with E-state index in [0.29, 0.717) is 23.0 Å². The van der Waals surface area contributed by atoms with Crippen LogP contribution in [0.1, 0.15) is 5.56 Å². The SMILES string of the molecule is N#Cc1ccc(-c2ccc3c4c(ccc(-c5ccc(-c6cccc(-c7nc(-c8ccccc8)nc(-c8ccccc8)n7)c6)cc5)c24)-c2ccccc2-3)c2ccccc12. The Morgan fingerprint density at radius 1 is 0.293 bits per heavy atom. The molecule has 0 fully saturated rings. The molecule has 1 aliphatic carbocycles. The molecule has 1 heterocycles. The molecule has 0 saturated heterocycles. The number of hydrogen-bond acceptors (Lipinski definition) is 4. The quantitative estimate of drug-likeness (QED) is 0.170. The lowest BCUT2D eigenvalue weighted by molar-refractivity contribution is 1.07. The molecule has 0 aliphatic heterocycles. The van der Waals surface area contributed by atoms with Gasteiger partial charge in [0.2, 0.25) is 0 Å². The second-order valence-corrected chi connectivity index (χ2v) is 14.6. The molecule has 0 radical (unpaired) electrons. The number of aromatic nitrogens is 3. The number of nitrogens with zero attached hydrogens (tertiary/aromatic N) is 4. The lowest BCUT2D eigenvalue weighted by Gasteiger charge is -2.17. The van der Waals surface area contributed by atoms with Gasteiger partial charge in [-0.05, 0) is 83.9 Å². The van der Waals surface area contributed by atoms with E-state index in [1.165, 1.54) is 38.6 Å². The predicted octanol–water partition coefficient (Wildman–Crippen LogP) is 13.7. The van der Waals surface area contributed by atoms with Crippen molar-refractivity contribution in [2.75, 3.05) is 0 Å². The molecule has 58 heavy (non-hydrogen) atoms. The molecule has 4 heteroatoms. The number of benzene rings is 9. The molecule has 0 N–H and O–H groups in total. The van der Waals surface area contributed by atoms with Crippen LogP contribution < -0.4 is 0 Å². The standard InChI is InChI=1S/C54H32N4/c55-33-40-26-27-46(43-19-8-7-18-41(40)43)49-31-30-48-45-21-10-9-20-44(45)47-29-28-42(50(49)51(47)48)35-24-22-34(23-25-35)38-16-11-17-39(32-38)54-57-52(36-12-3-1-4-13-36)56-53(58-54)37-14-5-2-6-15-37/h1-32H. The number of hydrogen-bond donors (Lipinski definition) is 0. The van der Waals surface area contributed by atoms with Gasteiger partial charge < -0.3 is 0 Å². The Kier molecular flexibility index (Phi) is 7.84. The van der Waals surface area contributed by atoms with Gasteiger partial charge in [0.1, 0.15) is 0 Å². The van der Waals surface area contributed by atoms with E-state index in [4.69, 9.17) is 15.0 Å². The smallest absolute Gasteiger partial charge is 0.164 e. The summed E-state index contributed by atoms with van der Waals surface area (Å²) in [7, 11) is 0. The number of nitriles is 1. The van der Waals surface area contributed by atoms with Gasteiger partial charge in [-0.1, -0.05) is 182 Å². The first-order valence-electron chi connectivity index (χ1n) is 19.4. The van der Waals surface area contributed by atoms with Crippen molar-refractivity contribution in [1.82, 2.24) is 15.0 Å². The molecule has 0 spiro atoms. The van der Waals surface area contributed by atoms with E-state index in [0.717, 1.165) is 55.3 Å². The molecule has 1 aliphatic rings. The maximum Gasteiger partial charge on any atom is 0.164 e. The van der Waals surface area contributed by atoms with Crippen molar-refractivity contribution in [3.05, 3.63) is 200 Å². The Labute approximate surface area is 336 Å². The van der Waals surface area contributed by atoms with Crippen molar-refractivity contribution >= 4 is 21.5 Å². The number of rotatable bonds is 6.